The molecular formula is C12H4BrF5N2O. The van der Waals surface area contributed by atoms with Gasteiger partial charge in [0.05, 0.1) is 0 Å². The third kappa shape index (κ3) is 2.87. The molecule has 1 N–H and O–H groups in total. The second-order valence-corrected chi connectivity index (χ2v) is 4.56. The van der Waals surface area contributed by atoms with E-state index in [9.17, 15) is 26.7 Å². The van der Waals surface area contributed by atoms with E-state index in [4.69, 9.17) is 0 Å². The molecule has 2 rings (SSSR count). The predicted molar refractivity (Wildman–Crippen MR) is 66.1 cm³/mol. The quantitative estimate of drug-likeness (QED) is 0.380. The second kappa shape index (κ2) is 5.76. The Kier molecular flexibility index (Phi) is 4.21. The van der Waals surface area contributed by atoms with Crippen molar-refractivity contribution in [3.05, 3.63) is 57.5 Å². The van der Waals surface area contributed by atoms with Gasteiger partial charge in [0.15, 0.2) is 23.3 Å². The van der Waals surface area contributed by atoms with Crippen LogP contribution in [0.1, 0.15) is 10.4 Å². The maximum atomic E-state index is 13.4. The molecule has 1 heterocycles. The number of benzene rings is 1. The number of rotatable bonds is 2. The van der Waals surface area contributed by atoms with Crippen molar-refractivity contribution in [3.63, 3.8) is 0 Å². The van der Waals surface area contributed by atoms with Gasteiger partial charge in [-0.3, -0.25) is 4.79 Å². The molecule has 0 radical (unpaired) electrons. The molecule has 1 aromatic heterocycles. The summed E-state index contributed by atoms with van der Waals surface area (Å²) in [6.07, 6.45) is 0. The lowest BCUT2D eigenvalue weighted by Gasteiger charge is -2.08. The Balaban J connectivity index is 2.45. The van der Waals surface area contributed by atoms with Crippen LogP contribution in [0.2, 0.25) is 0 Å². The Morgan fingerprint density at radius 3 is 2.00 bits per heavy atom. The first-order valence-electron chi connectivity index (χ1n) is 5.28. The summed E-state index contributed by atoms with van der Waals surface area (Å²) in [4.78, 5) is 15.4. The molecule has 0 atom stereocenters. The van der Waals surface area contributed by atoms with Gasteiger partial charge in [0, 0.05) is 0 Å². The highest BCUT2D eigenvalue weighted by molar-refractivity contribution is 9.10. The minimum atomic E-state index is -2.33. The Morgan fingerprint density at radius 2 is 1.48 bits per heavy atom. The Hall–Kier alpha value is -2.03. The molecule has 0 fully saturated rings. The van der Waals surface area contributed by atoms with Gasteiger partial charge in [-0.15, -0.1) is 0 Å². The van der Waals surface area contributed by atoms with Gasteiger partial charge in [-0.1, -0.05) is 6.07 Å². The number of hydrogen-bond donors (Lipinski definition) is 1. The van der Waals surface area contributed by atoms with Gasteiger partial charge in [-0.2, -0.15) is 0 Å². The summed E-state index contributed by atoms with van der Waals surface area (Å²) in [5.41, 5.74) is -1.58. The number of pyridine rings is 1. The van der Waals surface area contributed by atoms with E-state index >= 15 is 0 Å². The first-order valence-corrected chi connectivity index (χ1v) is 6.07. The van der Waals surface area contributed by atoms with E-state index in [2.05, 4.69) is 20.9 Å². The smallest absolute Gasteiger partial charge is 0.263 e. The van der Waals surface area contributed by atoms with Crippen molar-refractivity contribution in [2.75, 3.05) is 5.32 Å². The second-order valence-electron chi connectivity index (χ2n) is 3.74. The van der Waals surface area contributed by atoms with E-state index in [1.807, 2.05) is 5.32 Å². The van der Waals surface area contributed by atoms with Crippen molar-refractivity contribution >= 4 is 27.7 Å². The molecule has 0 saturated carbocycles. The van der Waals surface area contributed by atoms with E-state index in [1.54, 1.807) is 0 Å². The van der Waals surface area contributed by atoms with Crippen LogP contribution in [0, 0.1) is 29.1 Å². The van der Waals surface area contributed by atoms with Gasteiger partial charge in [0.25, 0.3) is 5.91 Å². The molecule has 0 aliphatic rings. The topological polar surface area (TPSA) is 42.0 Å². The molecule has 0 aliphatic heterocycles. The molecule has 0 bridgehead atoms. The monoisotopic (exact) mass is 366 g/mol. The van der Waals surface area contributed by atoms with Crippen molar-refractivity contribution in [3.8, 4) is 0 Å². The van der Waals surface area contributed by atoms with E-state index in [1.165, 1.54) is 18.2 Å². The molecule has 1 amide bonds. The summed E-state index contributed by atoms with van der Waals surface area (Å²) in [7, 11) is 0. The summed E-state index contributed by atoms with van der Waals surface area (Å²) in [6.45, 7) is 0. The average Bonchev–Trinajstić information content (AvgIpc) is 2.43. The van der Waals surface area contributed by atoms with Crippen LogP contribution < -0.4 is 5.32 Å². The van der Waals surface area contributed by atoms with Crippen molar-refractivity contribution in [2.24, 2.45) is 0 Å². The van der Waals surface area contributed by atoms with Crippen LogP contribution in [0.5, 0.6) is 0 Å². The third-order valence-corrected chi connectivity index (χ3v) is 2.84. The zero-order valence-corrected chi connectivity index (χ0v) is 11.4. The molecule has 21 heavy (non-hydrogen) atoms. The molecule has 0 saturated heterocycles. The van der Waals surface area contributed by atoms with Crippen LogP contribution in [-0.2, 0) is 0 Å². The first-order chi connectivity index (χ1) is 9.82. The van der Waals surface area contributed by atoms with Gasteiger partial charge in [0.1, 0.15) is 16.0 Å². The molecule has 2 aromatic rings. The summed E-state index contributed by atoms with van der Waals surface area (Å²) >= 11 is 2.99. The van der Waals surface area contributed by atoms with Crippen LogP contribution in [0.3, 0.4) is 0 Å². The number of hydrogen-bond acceptors (Lipinski definition) is 2. The van der Waals surface area contributed by atoms with Gasteiger partial charge in [-0.25, -0.2) is 26.9 Å². The largest absolute Gasteiger partial charge is 0.306 e. The number of anilines is 1. The Bertz CT molecular complexity index is 709. The lowest BCUT2D eigenvalue weighted by molar-refractivity contribution is 0.101. The number of carbonyl (C=O) groups excluding carboxylic acids is 1. The summed E-state index contributed by atoms with van der Waals surface area (Å²) in [5.74, 6) is -12.8. The van der Waals surface area contributed by atoms with Crippen LogP contribution >= 0.6 is 15.9 Å². The van der Waals surface area contributed by atoms with E-state index < -0.39 is 40.6 Å². The molecule has 0 aliphatic carbocycles. The van der Waals surface area contributed by atoms with Crippen LogP contribution in [0.25, 0.3) is 0 Å². The molecular weight excluding hydrogens is 363 g/mol. The maximum Gasteiger partial charge on any atom is 0.263 e. The average molecular weight is 367 g/mol. The Labute approximate surface area is 122 Å². The number of carbonyl (C=O) groups is 1. The van der Waals surface area contributed by atoms with Gasteiger partial charge in [-0.05, 0) is 28.1 Å². The highest BCUT2D eigenvalue weighted by Gasteiger charge is 2.29. The zero-order chi connectivity index (χ0) is 15.7. The van der Waals surface area contributed by atoms with Crippen molar-refractivity contribution < 1.29 is 26.7 Å². The van der Waals surface area contributed by atoms with E-state index in [0.717, 1.165) is 0 Å². The number of aromatic nitrogens is 1. The number of halogens is 6. The fourth-order valence-corrected chi connectivity index (χ4v) is 1.80. The molecule has 9 heteroatoms. The standard InChI is InChI=1S/C12H4BrF5N2O/c13-4-2-1-3-5(19-4)20-12(21)6-7(14)9(16)11(18)10(17)8(6)15/h1-3H,(H,19,20,21). The highest BCUT2D eigenvalue weighted by atomic mass is 79.9. The van der Waals surface area contributed by atoms with E-state index in [0.29, 0.717) is 4.60 Å². The fraction of sp³-hybridized carbons (Fsp3) is 0. The lowest BCUT2D eigenvalue weighted by Crippen LogP contribution is -2.19. The molecule has 1 aromatic carbocycles. The van der Waals surface area contributed by atoms with Crippen LogP contribution in [0.15, 0.2) is 22.8 Å². The van der Waals surface area contributed by atoms with Crippen LogP contribution in [-0.4, -0.2) is 10.9 Å². The molecule has 0 spiro atoms. The minimum absolute atomic E-state index is 0.127. The predicted octanol–water partition coefficient (Wildman–Crippen LogP) is 3.79. The maximum absolute atomic E-state index is 13.4. The third-order valence-electron chi connectivity index (χ3n) is 2.39. The highest BCUT2D eigenvalue weighted by Crippen LogP contribution is 2.23. The first kappa shape index (κ1) is 15.4. The summed E-state index contributed by atoms with van der Waals surface area (Å²) < 4.78 is 66.0. The zero-order valence-electron chi connectivity index (χ0n) is 9.86. The van der Waals surface area contributed by atoms with Gasteiger partial charge >= 0.3 is 0 Å². The summed E-state index contributed by atoms with van der Waals surface area (Å²) in [6, 6.07) is 4.23. The summed E-state index contributed by atoms with van der Waals surface area (Å²) in [5, 5.41) is 1.94. The number of amides is 1. The SMILES string of the molecule is O=C(Nc1cccc(Br)n1)c1c(F)c(F)c(F)c(F)c1F. The number of nitrogens with one attached hydrogen (secondary N) is 1. The van der Waals surface area contributed by atoms with Gasteiger partial charge < -0.3 is 5.32 Å². The molecule has 3 nitrogen and oxygen atoms in total. The fourth-order valence-electron chi connectivity index (χ4n) is 1.46. The number of nitrogens with zero attached hydrogens (tertiary/aromatic N) is 1. The normalized spacial score (nSPS) is 10.6. The van der Waals surface area contributed by atoms with Crippen molar-refractivity contribution in [2.45, 2.75) is 0 Å². The Morgan fingerprint density at radius 1 is 0.952 bits per heavy atom. The van der Waals surface area contributed by atoms with Crippen molar-refractivity contribution in [1.82, 2.24) is 4.98 Å². The van der Waals surface area contributed by atoms with Crippen molar-refractivity contribution in [1.29, 1.82) is 0 Å². The van der Waals surface area contributed by atoms with Crippen LogP contribution in [0.4, 0.5) is 27.8 Å². The van der Waals surface area contributed by atoms with Gasteiger partial charge in [0.2, 0.25) is 5.82 Å². The lowest BCUT2D eigenvalue weighted by atomic mass is 10.1. The minimum Gasteiger partial charge on any atom is -0.306 e. The van der Waals surface area contributed by atoms with E-state index in [-0.39, 0.29) is 5.82 Å². The molecule has 0 unspecified atom stereocenters. The molecule has 110 valence electrons.